The standard InChI is InChI=1S/C19H18ClFN2O2/c20-13-3-7-15(8-4-13)23-19(25)17-11-16(17)18(24)22-10-9-12-1-5-14(21)6-2-12/h1-8,16-17H,9-11H2,(H,22,24)(H,23,25). The van der Waals surface area contributed by atoms with Gasteiger partial charge in [0, 0.05) is 17.3 Å². The summed E-state index contributed by atoms with van der Waals surface area (Å²) in [5.41, 5.74) is 1.62. The first-order valence-corrected chi connectivity index (χ1v) is 8.49. The number of halogens is 2. The van der Waals surface area contributed by atoms with E-state index in [9.17, 15) is 14.0 Å². The van der Waals surface area contributed by atoms with Crippen molar-refractivity contribution in [2.24, 2.45) is 11.8 Å². The summed E-state index contributed by atoms with van der Waals surface area (Å²) in [4.78, 5) is 24.2. The SMILES string of the molecule is O=C(NCCc1ccc(F)cc1)C1CC1C(=O)Nc1ccc(Cl)cc1. The van der Waals surface area contributed by atoms with E-state index in [0.717, 1.165) is 5.56 Å². The van der Waals surface area contributed by atoms with Gasteiger partial charge in [-0.3, -0.25) is 9.59 Å². The van der Waals surface area contributed by atoms with Crippen molar-refractivity contribution < 1.29 is 14.0 Å². The van der Waals surface area contributed by atoms with Crippen LogP contribution in [0.1, 0.15) is 12.0 Å². The molecular weight excluding hydrogens is 343 g/mol. The Morgan fingerprint density at radius 1 is 1.00 bits per heavy atom. The third kappa shape index (κ3) is 4.79. The van der Waals surface area contributed by atoms with E-state index >= 15 is 0 Å². The number of hydrogen-bond acceptors (Lipinski definition) is 2. The van der Waals surface area contributed by atoms with Crippen LogP contribution in [0.25, 0.3) is 0 Å². The van der Waals surface area contributed by atoms with Gasteiger partial charge in [0.15, 0.2) is 0 Å². The van der Waals surface area contributed by atoms with Crippen LogP contribution in [0.4, 0.5) is 10.1 Å². The molecule has 0 aromatic heterocycles. The molecule has 2 unspecified atom stereocenters. The molecule has 0 aliphatic heterocycles. The monoisotopic (exact) mass is 360 g/mol. The lowest BCUT2D eigenvalue weighted by atomic mass is 10.1. The average molecular weight is 361 g/mol. The minimum absolute atomic E-state index is 0.113. The first-order chi connectivity index (χ1) is 12.0. The number of benzene rings is 2. The second-order valence-corrected chi connectivity index (χ2v) is 6.55. The fraction of sp³-hybridized carbons (Fsp3) is 0.263. The number of nitrogens with one attached hydrogen (secondary N) is 2. The van der Waals surface area contributed by atoms with Crippen LogP contribution < -0.4 is 10.6 Å². The van der Waals surface area contributed by atoms with Crippen LogP contribution in [0.5, 0.6) is 0 Å². The van der Waals surface area contributed by atoms with Crippen LogP contribution in [0.15, 0.2) is 48.5 Å². The molecule has 2 N–H and O–H groups in total. The van der Waals surface area contributed by atoms with E-state index in [1.165, 1.54) is 12.1 Å². The Hall–Kier alpha value is -2.40. The van der Waals surface area contributed by atoms with Gasteiger partial charge in [0.1, 0.15) is 5.82 Å². The molecule has 2 aromatic carbocycles. The molecule has 0 spiro atoms. The van der Waals surface area contributed by atoms with Crippen LogP contribution in [0.2, 0.25) is 5.02 Å². The van der Waals surface area contributed by atoms with Crippen LogP contribution in [-0.4, -0.2) is 18.4 Å². The maximum Gasteiger partial charge on any atom is 0.228 e. The Labute approximate surface area is 150 Å². The first kappa shape index (κ1) is 17.4. The lowest BCUT2D eigenvalue weighted by Gasteiger charge is -2.06. The zero-order valence-corrected chi connectivity index (χ0v) is 14.2. The van der Waals surface area contributed by atoms with Crippen LogP contribution >= 0.6 is 11.6 Å². The van der Waals surface area contributed by atoms with Crippen LogP contribution in [-0.2, 0) is 16.0 Å². The smallest absolute Gasteiger partial charge is 0.228 e. The molecule has 3 rings (SSSR count). The van der Waals surface area contributed by atoms with Gasteiger partial charge >= 0.3 is 0 Å². The quantitative estimate of drug-likeness (QED) is 0.829. The van der Waals surface area contributed by atoms with Crippen molar-refractivity contribution in [3.63, 3.8) is 0 Å². The van der Waals surface area contributed by atoms with E-state index in [4.69, 9.17) is 11.6 Å². The summed E-state index contributed by atoms with van der Waals surface area (Å²) in [7, 11) is 0. The lowest BCUT2D eigenvalue weighted by molar-refractivity contribution is -0.125. The lowest BCUT2D eigenvalue weighted by Crippen LogP contribution is -2.29. The fourth-order valence-electron chi connectivity index (χ4n) is 2.65. The van der Waals surface area contributed by atoms with Gasteiger partial charge in [-0.25, -0.2) is 4.39 Å². The van der Waals surface area contributed by atoms with Gasteiger partial charge in [-0.15, -0.1) is 0 Å². The molecule has 1 saturated carbocycles. The normalized spacial score (nSPS) is 18.5. The Bertz CT molecular complexity index is 762. The van der Waals surface area contributed by atoms with Crippen molar-refractivity contribution in [2.75, 3.05) is 11.9 Å². The second kappa shape index (κ2) is 7.66. The minimum atomic E-state index is -0.290. The summed E-state index contributed by atoms with van der Waals surface area (Å²) < 4.78 is 12.8. The summed E-state index contributed by atoms with van der Waals surface area (Å²) in [5, 5.41) is 6.22. The summed E-state index contributed by atoms with van der Waals surface area (Å²) in [5.74, 6) is -1.11. The first-order valence-electron chi connectivity index (χ1n) is 8.11. The van der Waals surface area contributed by atoms with E-state index in [0.29, 0.717) is 30.1 Å². The molecule has 130 valence electrons. The number of rotatable bonds is 6. The number of carbonyl (C=O) groups excluding carboxylic acids is 2. The Morgan fingerprint density at radius 2 is 1.64 bits per heavy atom. The summed E-state index contributed by atoms with van der Waals surface area (Å²) >= 11 is 5.80. The van der Waals surface area contributed by atoms with Crippen molar-refractivity contribution in [3.05, 3.63) is 64.9 Å². The molecular formula is C19H18ClFN2O2. The minimum Gasteiger partial charge on any atom is -0.356 e. The second-order valence-electron chi connectivity index (χ2n) is 6.11. The van der Waals surface area contributed by atoms with Gasteiger partial charge in [0.25, 0.3) is 0 Å². The van der Waals surface area contributed by atoms with Gasteiger partial charge in [-0.05, 0) is 54.8 Å². The molecule has 1 fully saturated rings. The number of carbonyl (C=O) groups is 2. The van der Waals surface area contributed by atoms with E-state index < -0.39 is 0 Å². The highest BCUT2D eigenvalue weighted by Gasteiger charge is 2.47. The molecule has 0 saturated heterocycles. The number of hydrogen-bond donors (Lipinski definition) is 2. The zero-order valence-electron chi connectivity index (χ0n) is 13.5. The van der Waals surface area contributed by atoms with Crippen molar-refractivity contribution in [2.45, 2.75) is 12.8 Å². The summed E-state index contributed by atoms with van der Waals surface area (Å²) in [6, 6.07) is 13.0. The molecule has 0 heterocycles. The molecule has 25 heavy (non-hydrogen) atoms. The van der Waals surface area contributed by atoms with Gasteiger partial charge in [0.2, 0.25) is 11.8 Å². The van der Waals surface area contributed by atoms with Crippen molar-refractivity contribution in [1.29, 1.82) is 0 Å². The average Bonchev–Trinajstić information content (AvgIpc) is 3.39. The van der Waals surface area contributed by atoms with E-state index in [1.54, 1.807) is 36.4 Å². The van der Waals surface area contributed by atoms with Crippen molar-refractivity contribution >= 4 is 29.1 Å². The Balaban J connectivity index is 1.41. The maximum absolute atomic E-state index is 12.8. The molecule has 2 aromatic rings. The highest BCUT2D eigenvalue weighted by Crippen LogP contribution is 2.39. The molecule has 4 nitrogen and oxygen atoms in total. The van der Waals surface area contributed by atoms with Gasteiger partial charge in [-0.1, -0.05) is 23.7 Å². The van der Waals surface area contributed by atoms with Crippen LogP contribution in [0, 0.1) is 17.7 Å². The number of amides is 2. The van der Waals surface area contributed by atoms with Crippen molar-refractivity contribution in [3.8, 4) is 0 Å². The Morgan fingerprint density at radius 3 is 2.32 bits per heavy atom. The molecule has 0 radical (unpaired) electrons. The summed E-state index contributed by atoms with van der Waals surface area (Å²) in [6.45, 7) is 0.465. The van der Waals surface area contributed by atoms with Gasteiger partial charge < -0.3 is 10.6 Å². The fourth-order valence-corrected chi connectivity index (χ4v) is 2.78. The van der Waals surface area contributed by atoms with E-state index in [2.05, 4.69) is 10.6 Å². The summed E-state index contributed by atoms with van der Waals surface area (Å²) in [6.07, 6.45) is 1.18. The molecule has 0 bridgehead atoms. The van der Waals surface area contributed by atoms with E-state index in [-0.39, 0.29) is 29.5 Å². The molecule has 1 aliphatic rings. The van der Waals surface area contributed by atoms with Gasteiger partial charge in [0.05, 0.1) is 11.8 Å². The maximum atomic E-state index is 12.8. The van der Waals surface area contributed by atoms with Gasteiger partial charge in [-0.2, -0.15) is 0 Å². The third-order valence-electron chi connectivity index (χ3n) is 4.20. The zero-order chi connectivity index (χ0) is 17.8. The predicted octanol–water partition coefficient (Wildman–Crippen LogP) is 3.41. The predicted molar refractivity (Wildman–Crippen MR) is 94.8 cm³/mol. The van der Waals surface area contributed by atoms with Crippen LogP contribution in [0.3, 0.4) is 0 Å². The highest BCUT2D eigenvalue weighted by atomic mass is 35.5. The molecule has 2 atom stereocenters. The largest absolute Gasteiger partial charge is 0.356 e. The van der Waals surface area contributed by atoms with E-state index in [1.807, 2.05) is 0 Å². The third-order valence-corrected chi connectivity index (χ3v) is 4.45. The number of anilines is 1. The molecule has 1 aliphatic carbocycles. The topological polar surface area (TPSA) is 58.2 Å². The molecule has 6 heteroatoms. The highest BCUT2D eigenvalue weighted by molar-refractivity contribution is 6.30. The molecule has 2 amide bonds. The Kier molecular flexibility index (Phi) is 5.34. The van der Waals surface area contributed by atoms with Crippen molar-refractivity contribution in [1.82, 2.24) is 5.32 Å².